The number of furan rings is 1. The van der Waals surface area contributed by atoms with E-state index in [1.807, 2.05) is 4.90 Å². The lowest BCUT2D eigenvalue weighted by molar-refractivity contribution is -0.132. The predicted octanol–water partition coefficient (Wildman–Crippen LogP) is 5.23. The molecule has 3 rings (SSSR count). The molecular weight excluding hydrogens is 384 g/mol. The van der Waals surface area contributed by atoms with Gasteiger partial charge in [0.2, 0.25) is 5.91 Å². The molecule has 2 heterocycles. The highest BCUT2D eigenvalue weighted by Gasteiger charge is 2.24. The topological polar surface area (TPSA) is 36.7 Å². The van der Waals surface area contributed by atoms with Crippen molar-refractivity contribution in [3.8, 4) is 0 Å². The highest BCUT2D eigenvalue weighted by molar-refractivity contribution is 5.85. The van der Waals surface area contributed by atoms with Crippen molar-refractivity contribution in [2.45, 2.75) is 65.5 Å². The summed E-state index contributed by atoms with van der Waals surface area (Å²) in [6.07, 6.45) is 5.85. The first-order valence-electron chi connectivity index (χ1n) is 10.8. The van der Waals surface area contributed by atoms with Crippen molar-refractivity contribution >= 4 is 18.3 Å². The van der Waals surface area contributed by atoms with Crippen molar-refractivity contribution in [1.82, 2.24) is 9.80 Å². The van der Waals surface area contributed by atoms with Gasteiger partial charge in [0.25, 0.3) is 0 Å². The molecule has 0 aliphatic carbocycles. The highest BCUT2D eigenvalue weighted by atomic mass is 35.5. The fourth-order valence-corrected chi connectivity index (χ4v) is 3.94. The summed E-state index contributed by atoms with van der Waals surface area (Å²) in [6, 6.07) is 12.7. The second-order valence-corrected chi connectivity index (χ2v) is 7.73. The zero-order valence-electron chi connectivity index (χ0n) is 17.9. The summed E-state index contributed by atoms with van der Waals surface area (Å²) in [5.41, 5.74) is 2.59. The van der Waals surface area contributed by atoms with Crippen LogP contribution < -0.4 is 0 Å². The van der Waals surface area contributed by atoms with E-state index in [-0.39, 0.29) is 18.3 Å². The minimum Gasteiger partial charge on any atom is -0.464 e. The molecule has 1 aliphatic rings. The molecule has 0 bridgehead atoms. The molecule has 0 radical (unpaired) electrons. The Hall–Kier alpha value is -1.78. The van der Waals surface area contributed by atoms with Crippen LogP contribution in [0.3, 0.4) is 0 Å². The number of rotatable bonds is 10. The number of hydrogen-bond donors (Lipinski definition) is 0. The molecule has 1 aliphatic heterocycles. The van der Waals surface area contributed by atoms with Gasteiger partial charge in [-0.1, -0.05) is 50.6 Å². The van der Waals surface area contributed by atoms with Crippen LogP contribution in [-0.2, 0) is 30.7 Å². The van der Waals surface area contributed by atoms with Crippen LogP contribution in [0.5, 0.6) is 0 Å². The maximum Gasteiger partial charge on any atom is 0.222 e. The smallest absolute Gasteiger partial charge is 0.222 e. The Labute approximate surface area is 181 Å². The van der Waals surface area contributed by atoms with E-state index in [4.69, 9.17) is 4.42 Å². The molecule has 1 aromatic heterocycles. The average Bonchev–Trinajstić information content (AvgIpc) is 3.14. The Bertz CT molecular complexity index is 741. The maximum atomic E-state index is 12.6. The lowest BCUT2D eigenvalue weighted by Crippen LogP contribution is -2.35. The summed E-state index contributed by atoms with van der Waals surface area (Å²) < 4.78 is 6.04. The van der Waals surface area contributed by atoms with E-state index in [0.29, 0.717) is 13.0 Å². The Kier molecular flexibility index (Phi) is 9.75. The van der Waals surface area contributed by atoms with Gasteiger partial charge < -0.3 is 9.32 Å². The Morgan fingerprint density at radius 1 is 1.10 bits per heavy atom. The van der Waals surface area contributed by atoms with Crippen molar-refractivity contribution < 1.29 is 9.21 Å². The lowest BCUT2D eigenvalue weighted by atomic mass is 10.0. The predicted molar refractivity (Wildman–Crippen MR) is 120 cm³/mol. The molecule has 4 nitrogen and oxygen atoms in total. The van der Waals surface area contributed by atoms with Crippen molar-refractivity contribution in [1.29, 1.82) is 0 Å². The summed E-state index contributed by atoms with van der Waals surface area (Å²) in [5.74, 6) is 2.40. The van der Waals surface area contributed by atoms with E-state index in [9.17, 15) is 4.79 Å². The third-order valence-electron chi connectivity index (χ3n) is 5.74. The Morgan fingerprint density at radius 2 is 1.86 bits per heavy atom. The van der Waals surface area contributed by atoms with Gasteiger partial charge in [0.05, 0.1) is 6.54 Å². The van der Waals surface area contributed by atoms with Crippen LogP contribution in [0.4, 0.5) is 0 Å². The first-order valence-corrected chi connectivity index (χ1v) is 10.8. The van der Waals surface area contributed by atoms with Crippen LogP contribution >= 0.6 is 12.4 Å². The first-order chi connectivity index (χ1) is 13.7. The quantitative estimate of drug-likeness (QED) is 0.495. The van der Waals surface area contributed by atoms with Crippen molar-refractivity contribution in [3.05, 3.63) is 59.0 Å². The number of amides is 1. The monoisotopic (exact) mass is 418 g/mol. The van der Waals surface area contributed by atoms with Crippen molar-refractivity contribution in [3.63, 3.8) is 0 Å². The number of unbranched alkanes of at least 4 members (excludes halogenated alkanes) is 2. The summed E-state index contributed by atoms with van der Waals surface area (Å²) in [5, 5.41) is 0. The molecule has 5 heteroatoms. The fourth-order valence-electron chi connectivity index (χ4n) is 3.94. The molecule has 0 spiro atoms. The average molecular weight is 419 g/mol. The SMILES string of the molecule is CCN(CC)Cc1cc2c(o1)CCN(C(=O)CCCCCc1ccccc1)C2.Cl. The van der Waals surface area contributed by atoms with Crippen molar-refractivity contribution in [2.24, 2.45) is 0 Å². The summed E-state index contributed by atoms with van der Waals surface area (Å²) >= 11 is 0. The third-order valence-corrected chi connectivity index (χ3v) is 5.74. The molecule has 0 N–H and O–H groups in total. The second kappa shape index (κ2) is 12.0. The van der Waals surface area contributed by atoms with Crippen LogP contribution in [0.25, 0.3) is 0 Å². The molecule has 1 aromatic carbocycles. The van der Waals surface area contributed by atoms with Gasteiger partial charge in [-0.2, -0.15) is 0 Å². The lowest BCUT2D eigenvalue weighted by Gasteiger charge is -2.26. The molecule has 0 saturated carbocycles. The normalized spacial score (nSPS) is 13.3. The van der Waals surface area contributed by atoms with Gasteiger partial charge in [0.1, 0.15) is 11.5 Å². The number of hydrogen-bond acceptors (Lipinski definition) is 3. The highest BCUT2D eigenvalue weighted by Crippen LogP contribution is 2.24. The minimum atomic E-state index is 0. The van der Waals surface area contributed by atoms with E-state index >= 15 is 0 Å². The summed E-state index contributed by atoms with van der Waals surface area (Å²) in [6.45, 7) is 8.75. The summed E-state index contributed by atoms with van der Waals surface area (Å²) in [4.78, 5) is 17.0. The maximum absolute atomic E-state index is 12.6. The van der Waals surface area contributed by atoms with E-state index in [1.165, 1.54) is 11.1 Å². The van der Waals surface area contributed by atoms with Gasteiger partial charge in [-0.05, 0) is 44.0 Å². The number of halogens is 1. The summed E-state index contributed by atoms with van der Waals surface area (Å²) in [7, 11) is 0. The molecule has 29 heavy (non-hydrogen) atoms. The van der Waals surface area contributed by atoms with Gasteiger partial charge in [-0.3, -0.25) is 9.69 Å². The Morgan fingerprint density at radius 3 is 2.59 bits per heavy atom. The molecule has 0 fully saturated rings. The molecular formula is C24H35ClN2O2. The zero-order valence-corrected chi connectivity index (χ0v) is 18.7. The fraction of sp³-hybridized carbons (Fsp3) is 0.542. The van der Waals surface area contributed by atoms with E-state index < -0.39 is 0 Å². The van der Waals surface area contributed by atoms with E-state index in [2.05, 4.69) is 55.1 Å². The minimum absolute atomic E-state index is 0. The first kappa shape index (κ1) is 23.5. The number of fused-ring (bicyclic) bond motifs is 1. The number of carbonyl (C=O) groups excluding carboxylic acids is 1. The standard InChI is InChI=1S/C24H34N2O2.ClH/c1-3-25(4-2)19-22-17-21-18-26(16-15-23(21)28-22)24(27)14-10-6-9-13-20-11-7-5-8-12-20;/h5,7-8,11-12,17H,3-4,6,9-10,13-16,18-19H2,1-2H3;1H. The molecule has 0 saturated heterocycles. The Balaban J connectivity index is 0.00000300. The van der Waals surface area contributed by atoms with Crippen LogP contribution in [0.15, 0.2) is 40.8 Å². The van der Waals surface area contributed by atoms with E-state index in [0.717, 1.165) is 69.8 Å². The third kappa shape index (κ3) is 6.90. The molecule has 2 aromatic rings. The van der Waals surface area contributed by atoms with Gasteiger partial charge in [-0.15, -0.1) is 12.4 Å². The van der Waals surface area contributed by atoms with Crippen molar-refractivity contribution in [2.75, 3.05) is 19.6 Å². The molecule has 0 atom stereocenters. The number of nitrogens with zero attached hydrogens (tertiary/aromatic N) is 2. The second-order valence-electron chi connectivity index (χ2n) is 7.73. The number of aryl methyl sites for hydroxylation is 1. The van der Waals surface area contributed by atoms with Gasteiger partial charge in [-0.25, -0.2) is 0 Å². The van der Waals surface area contributed by atoms with E-state index in [1.54, 1.807) is 0 Å². The molecule has 0 unspecified atom stereocenters. The van der Waals surface area contributed by atoms with Gasteiger partial charge in [0, 0.05) is 31.5 Å². The van der Waals surface area contributed by atoms with Gasteiger partial charge >= 0.3 is 0 Å². The largest absolute Gasteiger partial charge is 0.464 e. The molecule has 160 valence electrons. The number of benzene rings is 1. The van der Waals surface area contributed by atoms with Crippen LogP contribution in [-0.4, -0.2) is 35.3 Å². The molecule has 1 amide bonds. The van der Waals surface area contributed by atoms with Gasteiger partial charge in [0.15, 0.2) is 0 Å². The number of carbonyl (C=O) groups is 1. The zero-order chi connectivity index (χ0) is 19.8. The van der Waals surface area contributed by atoms with Crippen LogP contribution in [0, 0.1) is 0 Å². The van der Waals surface area contributed by atoms with Crippen LogP contribution in [0.1, 0.15) is 62.2 Å². The van der Waals surface area contributed by atoms with Crippen LogP contribution in [0.2, 0.25) is 0 Å².